The highest BCUT2D eigenvalue weighted by atomic mass is 16.5. The number of ether oxygens (including phenoxy) is 5. The van der Waals surface area contributed by atoms with Crippen LogP contribution >= 0.6 is 0 Å². The maximum absolute atomic E-state index is 11.8. The second kappa shape index (κ2) is 9.69. The summed E-state index contributed by atoms with van der Waals surface area (Å²) in [5.41, 5.74) is 2.77. The van der Waals surface area contributed by atoms with Crippen molar-refractivity contribution < 1.29 is 28.5 Å². The van der Waals surface area contributed by atoms with Crippen LogP contribution in [0.5, 0.6) is 28.7 Å². The molecule has 6 heteroatoms. The van der Waals surface area contributed by atoms with Gasteiger partial charge in [0.1, 0.15) is 6.61 Å². The number of benzene rings is 3. The normalized spacial score (nSPS) is 10.3. The van der Waals surface area contributed by atoms with Crippen molar-refractivity contribution in [1.29, 1.82) is 0 Å². The maximum Gasteiger partial charge on any atom is 0.203 e. The molecular weight excluding hydrogens is 384 g/mol. The summed E-state index contributed by atoms with van der Waals surface area (Å²) in [6.07, 6.45) is 0.767. The van der Waals surface area contributed by atoms with E-state index in [0.717, 1.165) is 11.8 Å². The topological polar surface area (TPSA) is 63.2 Å². The zero-order chi connectivity index (χ0) is 21.5. The first-order valence-electron chi connectivity index (χ1n) is 9.30. The summed E-state index contributed by atoms with van der Waals surface area (Å²) in [6.45, 7) is 0.385. The molecule has 0 bridgehead atoms. The summed E-state index contributed by atoms with van der Waals surface area (Å²) in [5.74, 6) is 2.41. The molecule has 3 aromatic rings. The van der Waals surface area contributed by atoms with E-state index in [9.17, 15) is 4.79 Å². The first-order chi connectivity index (χ1) is 14.7. The molecule has 0 fully saturated rings. The van der Waals surface area contributed by atoms with E-state index in [2.05, 4.69) is 0 Å². The quantitative estimate of drug-likeness (QED) is 0.475. The molecule has 0 aliphatic rings. The summed E-state index contributed by atoms with van der Waals surface area (Å²) < 4.78 is 27.9. The van der Waals surface area contributed by atoms with E-state index >= 15 is 0 Å². The molecule has 0 amide bonds. The Morgan fingerprint density at radius 1 is 0.700 bits per heavy atom. The highest BCUT2D eigenvalue weighted by molar-refractivity contribution is 5.92. The van der Waals surface area contributed by atoms with Crippen LogP contribution in [0.25, 0.3) is 11.1 Å². The Morgan fingerprint density at radius 2 is 1.37 bits per heavy atom. The third-order valence-electron chi connectivity index (χ3n) is 4.69. The molecular formula is C24H24O6. The van der Waals surface area contributed by atoms with E-state index in [1.54, 1.807) is 39.5 Å². The van der Waals surface area contributed by atoms with Gasteiger partial charge in [-0.25, -0.2) is 0 Å². The molecule has 30 heavy (non-hydrogen) atoms. The lowest BCUT2D eigenvalue weighted by atomic mass is 9.98. The van der Waals surface area contributed by atoms with Gasteiger partial charge in [0.15, 0.2) is 29.3 Å². The Labute approximate surface area is 175 Å². The fourth-order valence-corrected chi connectivity index (χ4v) is 3.23. The van der Waals surface area contributed by atoms with Crippen molar-refractivity contribution in [2.24, 2.45) is 0 Å². The molecule has 0 spiro atoms. The molecule has 0 aliphatic carbocycles. The first kappa shape index (κ1) is 21.0. The van der Waals surface area contributed by atoms with Crippen LogP contribution in [0, 0.1) is 0 Å². The van der Waals surface area contributed by atoms with Gasteiger partial charge in [0.25, 0.3) is 0 Å². The zero-order valence-corrected chi connectivity index (χ0v) is 17.4. The second-order valence-electron chi connectivity index (χ2n) is 6.36. The molecule has 0 saturated carbocycles. The van der Waals surface area contributed by atoms with Crippen molar-refractivity contribution in [2.75, 3.05) is 28.4 Å². The van der Waals surface area contributed by atoms with E-state index in [1.165, 1.54) is 7.11 Å². The molecule has 6 nitrogen and oxygen atoms in total. The standard InChI is InChI=1S/C24H24O6/c1-26-21-12-17(14-25)19(13-22(21)27-2)18-10-11-20(24(29-4)23(18)28-3)30-15-16-8-6-5-7-9-16/h5-14H,15H2,1-4H3. The highest BCUT2D eigenvalue weighted by Gasteiger charge is 2.21. The van der Waals surface area contributed by atoms with Crippen molar-refractivity contribution in [2.45, 2.75) is 6.61 Å². The lowest BCUT2D eigenvalue weighted by molar-refractivity contribution is 0.112. The van der Waals surface area contributed by atoms with Gasteiger partial charge >= 0.3 is 0 Å². The number of rotatable bonds is 9. The van der Waals surface area contributed by atoms with Crippen molar-refractivity contribution in [3.8, 4) is 39.9 Å². The van der Waals surface area contributed by atoms with Gasteiger partial charge in [-0.2, -0.15) is 0 Å². The molecule has 0 aliphatic heterocycles. The Bertz CT molecular complexity index is 1010. The van der Waals surface area contributed by atoms with E-state index in [-0.39, 0.29) is 0 Å². The number of carbonyl (C=O) groups is 1. The summed E-state index contributed by atoms with van der Waals surface area (Å²) >= 11 is 0. The van der Waals surface area contributed by atoms with Gasteiger partial charge in [-0.15, -0.1) is 0 Å². The molecule has 0 unspecified atom stereocenters. The van der Waals surface area contributed by atoms with Gasteiger partial charge in [-0.05, 0) is 35.4 Å². The zero-order valence-electron chi connectivity index (χ0n) is 17.4. The van der Waals surface area contributed by atoms with Crippen LogP contribution in [0.2, 0.25) is 0 Å². The van der Waals surface area contributed by atoms with Gasteiger partial charge in [0.2, 0.25) is 5.75 Å². The van der Waals surface area contributed by atoms with E-state index in [4.69, 9.17) is 23.7 Å². The van der Waals surface area contributed by atoms with Crippen LogP contribution in [-0.2, 0) is 6.61 Å². The van der Waals surface area contributed by atoms with Crippen LogP contribution in [0.1, 0.15) is 15.9 Å². The summed E-state index contributed by atoms with van der Waals surface area (Å²) in [7, 11) is 6.16. The minimum Gasteiger partial charge on any atom is -0.493 e. The minimum atomic E-state index is 0.385. The van der Waals surface area contributed by atoms with Crippen molar-refractivity contribution in [3.63, 3.8) is 0 Å². The second-order valence-corrected chi connectivity index (χ2v) is 6.36. The van der Waals surface area contributed by atoms with Gasteiger partial charge in [0.05, 0.1) is 28.4 Å². The number of methoxy groups -OCH3 is 4. The lowest BCUT2D eigenvalue weighted by Gasteiger charge is -2.19. The maximum atomic E-state index is 11.8. The summed E-state index contributed by atoms with van der Waals surface area (Å²) in [5, 5.41) is 0. The van der Waals surface area contributed by atoms with Crippen LogP contribution < -0.4 is 23.7 Å². The number of hydrogen-bond acceptors (Lipinski definition) is 6. The average molecular weight is 408 g/mol. The predicted molar refractivity (Wildman–Crippen MR) is 114 cm³/mol. The van der Waals surface area contributed by atoms with Crippen LogP contribution in [0.15, 0.2) is 54.6 Å². The monoisotopic (exact) mass is 408 g/mol. The summed E-state index contributed by atoms with van der Waals surface area (Å²) in [4.78, 5) is 11.8. The molecule has 156 valence electrons. The van der Waals surface area contributed by atoms with E-state index in [1.807, 2.05) is 36.4 Å². The number of carbonyl (C=O) groups excluding carboxylic acids is 1. The Balaban J connectivity index is 2.07. The van der Waals surface area contributed by atoms with Crippen LogP contribution in [0.4, 0.5) is 0 Å². The van der Waals surface area contributed by atoms with Gasteiger partial charge in [-0.1, -0.05) is 30.3 Å². The molecule has 0 radical (unpaired) electrons. The number of aldehydes is 1. The van der Waals surface area contributed by atoms with Crippen molar-refractivity contribution >= 4 is 6.29 Å². The van der Waals surface area contributed by atoms with E-state index < -0.39 is 0 Å². The molecule has 0 aromatic heterocycles. The van der Waals surface area contributed by atoms with Gasteiger partial charge < -0.3 is 23.7 Å². The smallest absolute Gasteiger partial charge is 0.203 e. The molecule has 3 aromatic carbocycles. The first-order valence-corrected chi connectivity index (χ1v) is 9.30. The van der Waals surface area contributed by atoms with Gasteiger partial charge in [-0.3, -0.25) is 4.79 Å². The van der Waals surface area contributed by atoms with Gasteiger partial charge in [0, 0.05) is 11.1 Å². The third-order valence-corrected chi connectivity index (χ3v) is 4.69. The van der Waals surface area contributed by atoms with Crippen molar-refractivity contribution in [1.82, 2.24) is 0 Å². The Hall–Kier alpha value is -3.67. The fraction of sp³-hybridized carbons (Fsp3) is 0.208. The summed E-state index contributed by atoms with van der Waals surface area (Å²) in [6, 6.07) is 16.8. The molecule has 0 saturated heterocycles. The lowest BCUT2D eigenvalue weighted by Crippen LogP contribution is -2.01. The third kappa shape index (κ3) is 4.17. The highest BCUT2D eigenvalue weighted by Crippen LogP contribution is 2.47. The number of hydrogen-bond donors (Lipinski definition) is 0. The van der Waals surface area contributed by atoms with E-state index in [0.29, 0.717) is 52.0 Å². The van der Waals surface area contributed by atoms with Crippen LogP contribution in [-0.4, -0.2) is 34.7 Å². The molecule has 3 rings (SSSR count). The largest absolute Gasteiger partial charge is 0.493 e. The molecule has 0 atom stereocenters. The van der Waals surface area contributed by atoms with Crippen LogP contribution in [0.3, 0.4) is 0 Å². The average Bonchev–Trinajstić information content (AvgIpc) is 2.81. The fourth-order valence-electron chi connectivity index (χ4n) is 3.23. The SMILES string of the molecule is COc1cc(C=O)c(-c2ccc(OCc3ccccc3)c(OC)c2OC)cc1OC. The predicted octanol–water partition coefficient (Wildman–Crippen LogP) is 4.78. The molecule has 0 heterocycles. The Kier molecular flexibility index (Phi) is 6.80. The van der Waals surface area contributed by atoms with Crippen molar-refractivity contribution in [3.05, 3.63) is 65.7 Å². The molecule has 0 N–H and O–H groups in total. The Morgan fingerprint density at radius 3 is 1.97 bits per heavy atom. The minimum absolute atomic E-state index is 0.385.